The van der Waals surface area contributed by atoms with E-state index in [9.17, 15) is 4.79 Å². The van der Waals surface area contributed by atoms with Gasteiger partial charge in [-0.3, -0.25) is 4.79 Å². The molecule has 4 nitrogen and oxygen atoms in total. The molecule has 0 radical (unpaired) electrons. The molecule has 0 bridgehead atoms. The highest BCUT2D eigenvalue weighted by atomic mass is 16.1. The van der Waals surface area contributed by atoms with E-state index in [0.717, 1.165) is 25.2 Å². The highest BCUT2D eigenvalue weighted by molar-refractivity contribution is 5.94. The Kier molecular flexibility index (Phi) is 5.58. The zero-order valence-electron chi connectivity index (χ0n) is 12.7. The fourth-order valence-electron chi connectivity index (χ4n) is 2.10. The maximum Gasteiger partial charge on any atom is 0.251 e. The summed E-state index contributed by atoms with van der Waals surface area (Å²) in [5.41, 5.74) is 3.13. The summed E-state index contributed by atoms with van der Waals surface area (Å²) in [6, 6.07) is 9.72. The maximum absolute atomic E-state index is 11.9. The van der Waals surface area contributed by atoms with Gasteiger partial charge in [-0.15, -0.1) is 0 Å². The minimum absolute atomic E-state index is 0.0195. The summed E-state index contributed by atoms with van der Waals surface area (Å²) in [5, 5.41) is 6.24. The number of nitrogens with zero attached hydrogens (tertiary/aromatic N) is 1. The van der Waals surface area contributed by atoms with Crippen molar-refractivity contribution < 1.29 is 4.79 Å². The number of nitrogens with one attached hydrogen (secondary N) is 2. The average Bonchev–Trinajstić information content (AvgIpc) is 2.95. The highest BCUT2D eigenvalue weighted by Crippen LogP contribution is 2.02. The monoisotopic (exact) mass is 285 g/mol. The van der Waals surface area contributed by atoms with Crippen molar-refractivity contribution in [2.45, 2.75) is 26.9 Å². The van der Waals surface area contributed by atoms with Crippen LogP contribution in [0.1, 0.15) is 28.4 Å². The summed E-state index contributed by atoms with van der Waals surface area (Å²) in [4.78, 5) is 11.9. The number of aromatic nitrogens is 1. The summed E-state index contributed by atoms with van der Waals surface area (Å²) < 4.78 is 2.15. The van der Waals surface area contributed by atoms with Crippen molar-refractivity contribution in [3.05, 3.63) is 59.4 Å². The van der Waals surface area contributed by atoms with Crippen molar-refractivity contribution in [1.82, 2.24) is 15.2 Å². The molecule has 1 aromatic carbocycles. The van der Waals surface area contributed by atoms with Crippen molar-refractivity contribution in [3.8, 4) is 0 Å². The van der Waals surface area contributed by atoms with Gasteiger partial charge in [0.2, 0.25) is 0 Å². The van der Waals surface area contributed by atoms with Gasteiger partial charge >= 0.3 is 0 Å². The van der Waals surface area contributed by atoms with Crippen molar-refractivity contribution in [2.75, 3.05) is 13.1 Å². The summed E-state index contributed by atoms with van der Waals surface area (Å²) in [5.74, 6) is -0.0195. The molecule has 0 saturated carbocycles. The smallest absolute Gasteiger partial charge is 0.251 e. The molecule has 0 aliphatic rings. The number of benzene rings is 1. The normalized spacial score (nSPS) is 10.6. The molecule has 112 valence electrons. The lowest BCUT2D eigenvalue weighted by molar-refractivity contribution is 0.0954. The number of amides is 1. The van der Waals surface area contributed by atoms with E-state index in [4.69, 9.17) is 0 Å². The Morgan fingerprint density at radius 3 is 2.57 bits per heavy atom. The first kappa shape index (κ1) is 15.3. The molecule has 1 aromatic heterocycles. The Hall–Kier alpha value is -2.07. The molecule has 2 rings (SSSR count). The molecule has 1 amide bonds. The van der Waals surface area contributed by atoms with Crippen LogP contribution in [0.5, 0.6) is 0 Å². The van der Waals surface area contributed by atoms with Gasteiger partial charge in [0, 0.05) is 44.1 Å². The van der Waals surface area contributed by atoms with Crippen LogP contribution in [0.4, 0.5) is 0 Å². The van der Waals surface area contributed by atoms with Gasteiger partial charge in [0.15, 0.2) is 0 Å². The summed E-state index contributed by atoms with van der Waals surface area (Å²) in [6.07, 6.45) is 4.22. The topological polar surface area (TPSA) is 46.1 Å². The molecule has 0 atom stereocenters. The molecule has 0 saturated heterocycles. The maximum atomic E-state index is 11.9. The molecule has 4 heteroatoms. The molecule has 0 spiro atoms. The van der Waals surface area contributed by atoms with Crippen LogP contribution in [0.2, 0.25) is 0 Å². The number of hydrogen-bond acceptors (Lipinski definition) is 2. The first-order valence-corrected chi connectivity index (χ1v) is 7.39. The lowest BCUT2D eigenvalue weighted by Gasteiger charge is -2.06. The third kappa shape index (κ3) is 4.76. The van der Waals surface area contributed by atoms with E-state index in [0.29, 0.717) is 12.1 Å². The van der Waals surface area contributed by atoms with Crippen molar-refractivity contribution in [1.29, 1.82) is 0 Å². The molecule has 0 aliphatic heterocycles. The predicted molar refractivity (Wildman–Crippen MR) is 85.3 cm³/mol. The van der Waals surface area contributed by atoms with E-state index < -0.39 is 0 Å². The van der Waals surface area contributed by atoms with Gasteiger partial charge in [-0.1, -0.05) is 17.7 Å². The van der Waals surface area contributed by atoms with Gasteiger partial charge in [-0.2, -0.15) is 0 Å². The molecule has 21 heavy (non-hydrogen) atoms. The Balaban J connectivity index is 1.65. The molecule has 2 N–H and O–H groups in total. The second-order valence-corrected chi connectivity index (χ2v) is 5.15. The number of carbonyl (C=O) groups excluding carboxylic acids is 1. The second kappa shape index (κ2) is 7.64. The van der Waals surface area contributed by atoms with Gasteiger partial charge < -0.3 is 15.2 Å². The fraction of sp³-hybridized carbons (Fsp3) is 0.353. The summed E-state index contributed by atoms with van der Waals surface area (Å²) >= 11 is 0. The van der Waals surface area contributed by atoms with Gasteiger partial charge in [0.1, 0.15) is 0 Å². The zero-order valence-corrected chi connectivity index (χ0v) is 12.7. The van der Waals surface area contributed by atoms with Gasteiger partial charge in [0.25, 0.3) is 5.91 Å². The lowest BCUT2D eigenvalue weighted by Crippen LogP contribution is -2.31. The van der Waals surface area contributed by atoms with Gasteiger partial charge in [0.05, 0.1) is 0 Å². The standard InChI is InChI=1S/C17H23N3O/c1-3-20-11-8-15(13-20)12-18-9-10-19-17(21)16-6-4-14(2)5-7-16/h4-8,11,13,18H,3,9-10,12H2,1-2H3,(H,19,21). The lowest BCUT2D eigenvalue weighted by atomic mass is 10.1. The van der Waals surface area contributed by atoms with Gasteiger partial charge in [-0.25, -0.2) is 0 Å². The Bertz CT molecular complexity index is 572. The van der Waals surface area contributed by atoms with Crippen LogP contribution in [-0.2, 0) is 13.1 Å². The first-order valence-electron chi connectivity index (χ1n) is 7.39. The second-order valence-electron chi connectivity index (χ2n) is 5.15. The average molecular weight is 285 g/mol. The van der Waals surface area contributed by atoms with Crippen LogP contribution >= 0.6 is 0 Å². The summed E-state index contributed by atoms with van der Waals surface area (Å²) in [7, 11) is 0. The Labute approximate surface area is 126 Å². The van der Waals surface area contributed by atoms with E-state index in [1.54, 1.807) is 0 Å². The zero-order chi connectivity index (χ0) is 15.1. The SMILES string of the molecule is CCn1ccc(CNCCNC(=O)c2ccc(C)cc2)c1. The fourth-order valence-corrected chi connectivity index (χ4v) is 2.10. The molecule has 0 fully saturated rings. The van der Waals surface area contributed by atoms with E-state index >= 15 is 0 Å². The number of carbonyl (C=O) groups is 1. The minimum atomic E-state index is -0.0195. The molecular weight excluding hydrogens is 262 g/mol. The molecule has 0 aliphatic carbocycles. The van der Waals surface area contributed by atoms with Crippen LogP contribution < -0.4 is 10.6 Å². The van der Waals surface area contributed by atoms with Crippen LogP contribution in [-0.4, -0.2) is 23.6 Å². The number of hydrogen-bond donors (Lipinski definition) is 2. The Morgan fingerprint density at radius 2 is 1.90 bits per heavy atom. The van der Waals surface area contributed by atoms with E-state index in [1.165, 1.54) is 5.56 Å². The highest BCUT2D eigenvalue weighted by Gasteiger charge is 2.03. The predicted octanol–water partition coefficient (Wildman–Crippen LogP) is 2.34. The van der Waals surface area contributed by atoms with Crippen LogP contribution in [0.3, 0.4) is 0 Å². The third-order valence-corrected chi connectivity index (χ3v) is 3.41. The molecule has 2 aromatic rings. The van der Waals surface area contributed by atoms with E-state index in [2.05, 4.69) is 40.6 Å². The van der Waals surface area contributed by atoms with Crippen LogP contribution in [0, 0.1) is 6.92 Å². The minimum Gasteiger partial charge on any atom is -0.354 e. The van der Waals surface area contributed by atoms with Crippen molar-refractivity contribution in [2.24, 2.45) is 0 Å². The Morgan fingerprint density at radius 1 is 1.14 bits per heavy atom. The largest absolute Gasteiger partial charge is 0.354 e. The number of rotatable bonds is 7. The third-order valence-electron chi connectivity index (χ3n) is 3.41. The quantitative estimate of drug-likeness (QED) is 0.767. The molecule has 1 heterocycles. The van der Waals surface area contributed by atoms with Gasteiger partial charge in [-0.05, 0) is 37.6 Å². The first-order chi connectivity index (χ1) is 10.2. The summed E-state index contributed by atoms with van der Waals surface area (Å²) in [6.45, 7) is 7.34. The van der Waals surface area contributed by atoms with E-state index in [1.807, 2.05) is 31.2 Å². The van der Waals surface area contributed by atoms with Crippen LogP contribution in [0.25, 0.3) is 0 Å². The molecular formula is C17H23N3O. The van der Waals surface area contributed by atoms with Crippen LogP contribution in [0.15, 0.2) is 42.7 Å². The van der Waals surface area contributed by atoms with E-state index in [-0.39, 0.29) is 5.91 Å². The molecule has 0 unspecified atom stereocenters. The van der Waals surface area contributed by atoms with Crippen molar-refractivity contribution >= 4 is 5.91 Å². The van der Waals surface area contributed by atoms with Crippen molar-refractivity contribution in [3.63, 3.8) is 0 Å². The number of aryl methyl sites for hydroxylation is 2.